The zero-order valence-electron chi connectivity index (χ0n) is 6.22. The predicted molar refractivity (Wildman–Crippen MR) is 43.7 cm³/mol. The normalized spacial score (nSPS) is 10.3. The molecule has 1 heterocycles. The number of aromatic amines is 1. The fourth-order valence-electron chi connectivity index (χ4n) is 1.08. The van der Waals surface area contributed by atoms with Gasteiger partial charge < -0.3 is 9.72 Å². The summed E-state index contributed by atoms with van der Waals surface area (Å²) in [5.41, 5.74) is 1.06. The highest BCUT2D eigenvalue weighted by Gasteiger charge is 1.97. The Morgan fingerprint density at radius 2 is 2.18 bits per heavy atom. The maximum absolute atomic E-state index is 4.99. The predicted octanol–water partition coefficient (Wildman–Crippen LogP) is 1.98. The highest BCUT2D eigenvalue weighted by molar-refractivity contribution is 5.80. The van der Waals surface area contributed by atoms with Gasteiger partial charge >= 0.3 is 0 Å². The molecule has 2 rings (SSSR count). The maximum atomic E-state index is 4.99. The van der Waals surface area contributed by atoms with Crippen LogP contribution in [0.25, 0.3) is 10.9 Å². The summed E-state index contributed by atoms with van der Waals surface area (Å²) >= 11 is 0. The first-order valence-electron chi connectivity index (χ1n) is 3.44. The fraction of sp³-hybridized carbons (Fsp3) is 0.111. The van der Waals surface area contributed by atoms with Crippen LogP contribution in [0.3, 0.4) is 0 Å². The highest BCUT2D eigenvalue weighted by atomic mass is 16.5. The largest absolute Gasteiger partial charge is 0.482 e. The van der Waals surface area contributed by atoms with E-state index in [2.05, 4.69) is 11.1 Å². The van der Waals surface area contributed by atoms with E-state index in [1.807, 2.05) is 24.3 Å². The third-order valence-corrected chi connectivity index (χ3v) is 1.63. The molecule has 1 N–H and O–H groups in total. The number of H-pyrrole nitrogens is 1. The molecular formula is C9H8NO. The Bertz CT molecular complexity index is 331. The number of aromatic nitrogens is 1. The number of ether oxygens (including phenoxy) is 1. The van der Waals surface area contributed by atoms with Crippen LogP contribution in [-0.4, -0.2) is 12.1 Å². The Labute approximate surface area is 64.8 Å². The van der Waals surface area contributed by atoms with Gasteiger partial charge in [0.15, 0.2) is 5.88 Å². The van der Waals surface area contributed by atoms with E-state index in [9.17, 15) is 0 Å². The first kappa shape index (κ1) is 6.28. The van der Waals surface area contributed by atoms with E-state index in [1.54, 1.807) is 7.11 Å². The highest BCUT2D eigenvalue weighted by Crippen LogP contribution is 2.17. The number of fused-ring (bicyclic) bond motifs is 1. The van der Waals surface area contributed by atoms with Crippen LogP contribution < -0.4 is 4.74 Å². The molecule has 0 aliphatic rings. The van der Waals surface area contributed by atoms with Crippen LogP contribution in [0.4, 0.5) is 0 Å². The van der Waals surface area contributed by atoms with Crippen LogP contribution in [0.1, 0.15) is 0 Å². The van der Waals surface area contributed by atoms with E-state index in [0.717, 1.165) is 10.9 Å². The lowest BCUT2D eigenvalue weighted by Gasteiger charge is -1.88. The summed E-state index contributed by atoms with van der Waals surface area (Å²) < 4.78 is 4.99. The lowest BCUT2D eigenvalue weighted by Crippen LogP contribution is -1.79. The van der Waals surface area contributed by atoms with E-state index < -0.39 is 0 Å². The molecule has 0 atom stereocenters. The Morgan fingerprint density at radius 1 is 1.36 bits per heavy atom. The number of nitrogens with one attached hydrogen (secondary N) is 1. The molecule has 55 valence electrons. The Hall–Kier alpha value is -1.44. The third kappa shape index (κ3) is 0.963. The molecule has 1 radical (unpaired) electrons. The monoisotopic (exact) mass is 146 g/mol. The third-order valence-electron chi connectivity index (χ3n) is 1.63. The molecule has 0 aliphatic carbocycles. The summed E-state index contributed by atoms with van der Waals surface area (Å²) in [5, 5.41) is 1.06. The van der Waals surface area contributed by atoms with E-state index >= 15 is 0 Å². The van der Waals surface area contributed by atoms with Gasteiger partial charge in [0, 0.05) is 10.9 Å². The molecule has 0 unspecified atom stereocenters. The summed E-state index contributed by atoms with van der Waals surface area (Å²) in [7, 11) is 1.63. The topological polar surface area (TPSA) is 25.0 Å². The average Bonchev–Trinajstić information content (AvgIpc) is 2.46. The second kappa shape index (κ2) is 2.31. The molecular weight excluding hydrogens is 138 g/mol. The van der Waals surface area contributed by atoms with Crippen LogP contribution in [0.15, 0.2) is 24.3 Å². The van der Waals surface area contributed by atoms with Gasteiger partial charge in [-0.15, -0.1) is 0 Å². The van der Waals surface area contributed by atoms with Gasteiger partial charge in [-0.25, -0.2) is 0 Å². The Morgan fingerprint density at radius 3 is 2.91 bits per heavy atom. The molecule has 0 amide bonds. The van der Waals surface area contributed by atoms with Crippen LogP contribution >= 0.6 is 0 Å². The molecule has 2 heteroatoms. The molecule has 1 aromatic heterocycles. The van der Waals surface area contributed by atoms with E-state index in [4.69, 9.17) is 4.74 Å². The van der Waals surface area contributed by atoms with Crippen molar-refractivity contribution in [3.63, 3.8) is 0 Å². The molecule has 1 aromatic carbocycles. The van der Waals surface area contributed by atoms with Gasteiger partial charge in [0.2, 0.25) is 0 Å². The van der Waals surface area contributed by atoms with Crippen molar-refractivity contribution in [2.24, 2.45) is 0 Å². The molecule has 0 spiro atoms. The summed E-state index contributed by atoms with van der Waals surface area (Å²) in [6.45, 7) is 0. The lowest BCUT2D eigenvalue weighted by molar-refractivity contribution is 0.400. The van der Waals surface area contributed by atoms with E-state index in [-0.39, 0.29) is 0 Å². The fourth-order valence-corrected chi connectivity index (χ4v) is 1.08. The van der Waals surface area contributed by atoms with Crippen LogP contribution in [0.5, 0.6) is 5.88 Å². The van der Waals surface area contributed by atoms with Crippen LogP contribution in [0, 0.1) is 6.07 Å². The Kier molecular flexibility index (Phi) is 1.32. The van der Waals surface area contributed by atoms with Crippen molar-refractivity contribution in [1.29, 1.82) is 0 Å². The van der Waals surface area contributed by atoms with Crippen molar-refractivity contribution in [2.45, 2.75) is 0 Å². The molecule has 0 bridgehead atoms. The zero-order valence-corrected chi connectivity index (χ0v) is 6.22. The first-order chi connectivity index (χ1) is 5.40. The van der Waals surface area contributed by atoms with Gasteiger partial charge in [-0.05, 0) is 6.07 Å². The van der Waals surface area contributed by atoms with Crippen LogP contribution in [0.2, 0.25) is 0 Å². The van der Waals surface area contributed by atoms with Crippen molar-refractivity contribution < 1.29 is 4.74 Å². The molecule has 0 saturated carbocycles. The van der Waals surface area contributed by atoms with Crippen molar-refractivity contribution >= 4 is 10.9 Å². The number of methoxy groups -OCH3 is 1. The molecule has 11 heavy (non-hydrogen) atoms. The molecule has 0 aliphatic heterocycles. The summed E-state index contributed by atoms with van der Waals surface area (Å²) in [6.07, 6.45) is 0. The minimum atomic E-state index is 0.686. The Balaban J connectivity index is 2.69. The minimum Gasteiger partial charge on any atom is -0.482 e. The van der Waals surface area contributed by atoms with Gasteiger partial charge in [0.05, 0.1) is 13.2 Å². The van der Waals surface area contributed by atoms with Gasteiger partial charge in [-0.2, -0.15) is 0 Å². The lowest BCUT2D eigenvalue weighted by atomic mass is 10.3. The quantitative estimate of drug-likeness (QED) is 0.653. The van der Waals surface area contributed by atoms with Crippen molar-refractivity contribution in [1.82, 2.24) is 4.98 Å². The first-order valence-corrected chi connectivity index (χ1v) is 3.44. The molecule has 0 fully saturated rings. The number of hydrogen-bond acceptors (Lipinski definition) is 1. The van der Waals surface area contributed by atoms with Crippen molar-refractivity contribution in [3.8, 4) is 5.88 Å². The molecule has 2 aromatic rings. The average molecular weight is 146 g/mol. The summed E-state index contributed by atoms with van der Waals surface area (Å²) in [6, 6.07) is 11.0. The summed E-state index contributed by atoms with van der Waals surface area (Å²) in [5.74, 6) is 0.686. The van der Waals surface area contributed by atoms with Gasteiger partial charge in [0.25, 0.3) is 0 Å². The van der Waals surface area contributed by atoms with Gasteiger partial charge in [-0.1, -0.05) is 18.2 Å². The smallest absolute Gasteiger partial charge is 0.199 e. The van der Waals surface area contributed by atoms with Crippen molar-refractivity contribution in [3.05, 3.63) is 30.3 Å². The molecule has 0 saturated heterocycles. The number of benzene rings is 1. The second-order valence-electron chi connectivity index (χ2n) is 2.33. The van der Waals surface area contributed by atoms with Gasteiger partial charge in [0.1, 0.15) is 0 Å². The maximum Gasteiger partial charge on any atom is 0.199 e. The number of rotatable bonds is 1. The number of para-hydroxylation sites is 1. The SMILES string of the molecule is COc1[c]c2ccccc2[nH]1. The summed E-state index contributed by atoms with van der Waals surface area (Å²) in [4.78, 5) is 3.07. The van der Waals surface area contributed by atoms with E-state index in [0.29, 0.717) is 5.88 Å². The minimum absolute atomic E-state index is 0.686. The second-order valence-corrected chi connectivity index (χ2v) is 2.33. The van der Waals surface area contributed by atoms with E-state index in [1.165, 1.54) is 0 Å². The van der Waals surface area contributed by atoms with Gasteiger partial charge in [-0.3, -0.25) is 0 Å². The standard InChI is InChI=1S/C9H8NO/c1-11-9-6-7-4-2-3-5-8(7)10-9/h2-5,10H,1H3. The van der Waals surface area contributed by atoms with Crippen molar-refractivity contribution in [2.75, 3.05) is 7.11 Å². The molecule has 2 nitrogen and oxygen atoms in total. The number of hydrogen-bond donors (Lipinski definition) is 1. The zero-order chi connectivity index (χ0) is 7.68. The van der Waals surface area contributed by atoms with Crippen LogP contribution in [-0.2, 0) is 0 Å².